The van der Waals surface area contributed by atoms with E-state index in [-0.39, 0.29) is 35.6 Å². The molecule has 6 nitrogen and oxygen atoms in total. The van der Waals surface area contributed by atoms with E-state index in [4.69, 9.17) is 4.74 Å². The predicted molar refractivity (Wildman–Crippen MR) is 112 cm³/mol. The molecule has 1 saturated heterocycles. The fourth-order valence-electron chi connectivity index (χ4n) is 4.78. The molecule has 0 N–H and O–H groups in total. The zero-order valence-corrected chi connectivity index (χ0v) is 17.3. The van der Waals surface area contributed by atoms with E-state index in [0.29, 0.717) is 30.8 Å². The summed E-state index contributed by atoms with van der Waals surface area (Å²) in [4.78, 5) is 41.5. The summed E-state index contributed by atoms with van der Waals surface area (Å²) in [5, 5.41) is 0. The first-order valence-electron chi connectivity index (χ1n) is 10.7. The molecule has 0 radical (unpaired) electrons. The zero-order valence-electron chi connectivity index (χ0n) is 17.3. The minimum Gasteiger partial charge on any atom is -0.376 e. The summed E-state index contributed by atoms with van der Waals surface area (Å²) in [5.74, 6) is -1.56. The molecule has 0 aliphatic carbocycles. The molecule has 0 spiro atoms. The second kappa shape index (κ2) is 7.57. The number of aryl methyl sites for hydroxylation is 2. The number of nitrogens with zero attached hydrogens (tertiary/aromatic N) is 2. The van der Waals surface area contributed by atoms with Crippen LogP contribution in [0.15, 0.2) is 30.3 Å². The van der Waals surface area contributed by atoms with E-state index in [1.807, 2.05) is 13.0 Å². The molecular formula is C24H23FN2O4. The van der Waals surface area contributed by atoms with Crippen molar-refractivity contribution in [3.05, 3.63) is 64.0 Å². The monoisotopic (exact) mass is 422 g/mol. The number of anilines is 1. The number of hydrogen-bond donors (Lipinski definition) is 0. The maximum absolute atomic E-state index is 14.7. The fourth-order valence-corrected chi connectivity index (χ4v) is 4.78. The average Bonchev–Trinajstić information content (AvgIpc) is 3.35. The number of carbonyl (C=O) groups excluding carboxylic acids is 3. The Morgan fingerprint density at radius 1 is 1.13 bits per heavy atom. The van der Waals surface area contributed by atoms with Gasteiger partial charge in [-0.15, -0.1) is 0 Å². The van der Waals surface area contributed by atoms with Crippen molar-refractivity contribution in [3.8, 4) is 0 Å². The summed E-state index contributed by atoms with van der Waals surface area (Å²) >= 11 is 0. The molecule has 0 aromatic heterocycles. The largest absolute Gasteiger partial charge is 0.376 e. The number of amides is 3. The normalized spacial score (nSPS) is 20.3. The van der Waals surface area contributed by atoms with Crippen LogP contribution in [0.25, 0.3) is 0 Å². The Balaban J connectivity index is 1.44. The standard InChI is InChI=1S/C24H23FN2O4/c1-14-10-15-4-2-8-26(21(15)20(25)11-14)22(28)16-6-7-18-19(12-16)24(30)27(23(18)29)13-17-5-3-9-31-17/h6-7,10-12,17H,2-5,8-9,13H2,1H3. The Morgan fingerprint density at radius 2 is 1.94 bits per heavy atom. The van der Waals surface area contributed by atoms with Gasteiger partial charge in [-0.2, -0.15) is 0 Å². The van der Waals surface area contributed by atoms with E-state index in [9.17, 15) is 18.8 Å². The molecule has 7 heteroatoms. The van der Waals surface area contributed by atoms with Crippen molar-refractivity contribution in [3.63, 3.8) is 0 Å². The van der Waals surface area contributed by atoms with Gasteiger partial charge in [0.25, 0.3) is 17.7 Å². The third kappa shape index (κ3) is 3.33. The molecule has 3 aliphatic heterocycles. The smallest absolute Gasteiger partial charge is 0.261 e. The third-order valence-electron chi connectivity index (χ3n) is 6.26. The van der Waals surface area contributed by atoms with E-state index < -0.39 is 11.7 Å². The van der Waals surface area contributed by atoms with E-state index >= 15 is 0 Å². The van der Waals surface area contributed by atoms with E-state index in [1.54, 1.807) is 6.07 Å². The van der Waals surface area contributed by atoms with E-state index in [0.717, 1.165) is 30.4 Å². The average molecular weight is 422 g/mol. The number of rotatable bonds is 3. The number of carbonyl (C=O) groups is 3. The second-order valence-corrected chi connectivity index (χ2v) is 8.43. The molecule has 1 unspecified atom stereocenters. The van der Waals surface area contributed by atoms with Crippen LogP contribution in [0.5, 0.6) is 0 Å². The Morgan fingerprint density at radius 3 is 2.71 bits per heavy atom. The maximum atomic E-state index is 14.7. The van der Waals surface area contributed by atoms with Gasteiger partial charge in [-0.3, -0.25) is 19.3 Å². The number of imide groups is 1. The molecule has 1 fully saturated rings. The molecule has 2 aromatic rings. The molecule has 3 heterocycles. The number of fused-ring (bicyclic) bond motifs is 2. The lowest BCUT2D eigenvalue weighted by atomic mass is 9.97. The highest BCUT2D eigenvalue weighted by Crippen LogP contribution is 2.33. The van der Waals surface area contributed by atoms with Crippen LogP contribution in [0.4, 0.5) is 10.1 Å². The van der Waals surface area contributed by atoms with Crippen molar-refractivity contribution < 1.29 is 23.5 Å². The first-order valence-corrected chi connectivity index (χ1v) is 10.7. The molecule has 1 atom stereocenters. The van der Waals surface area contributed by atoms with Gasteiger partial charge in [-0.1, -0.05) is 6.07 Å². The van der Waals surface area contributed by atoms with Crippen LogP contribution in [0.2, 0.25) is 0 Å². The second-order valence-electron chi connectivity index (χ2n) is 8.43. The summed E-state index contributed by atoms with van der Waals surface area (Å²) in [7, 11) is 0. The van der Waals surface area contributed by atoms with E-state index in [2.05, 4.69) is 0 Å². The number of halogens is 1. The highest BCUT2D eigenvalue weighted by Gasteiger charge is 2.38. The van der Waals surface area contributed by atoms with Crippen LogP contribution < -0.4 is 4.90 Å². The first kappa shape index (κ1) is 19.9. The zero-order chi connectivity index (χ0) is 21.7. The Hall–Kier alpha value is -3.06. The van der Waals surface area contributed by atoms with Crippen LogP contribution in [-0.2, 0) is 11.2 Å². The van der Waals surface area contributed by atoms with Gasteiger partial charge < -0.3 is 9.64 Å². The molecule has 31 heavy (non-hydrogen) atoms. The maximum Gasteiger partial charge on any atom is 0.261 e. The Kier molecular flexibility index (Phi) is 4.85. The van der Waals surface area contributed by atoms with Crippen molar-refractivity contribution in [1.82, 2.24) is 4.90 Å². The van der Waals surface area contributed by atoms with Gasteiger partial charge >= 0.3 is 0 Å². The van der Waals surface area contributed by atoms with Crippen molar-refractivity contribution in [2.24, 2.45) is 0 Å². The van der Waals surface area contributed by atoms with Crippen molar-refractivity contribution in [2.75, 3.05) is 24.6 Å². The molecule has 5 rings (SSSR count). The number of ether oxygens (including phenoxy) is 1. The van der Waals surface area contributed by atoms with E-state index in [1.165, 1.54) is 28.0 Å². The Labute approximate surface area is 179 Å². The van der Waals surface area contributed by atoms with Gasteiger partial charge in [0.2, 0.25) is 0 Å². The summed E-state index contributed by atoms with van der Waals surface area (Å²) in [5.41, 5.74) is 2.72. The van der Waals surface area contributed by atoms with Crippen LogP contribution in [0.1, 0.15) is 61.5 Å². The summed E-state index contributed by atoms with van der Waals surface area (Å²) in [6, 6.07) is 7.87. The van der Waals surface area contributed by atoms with Crippen molar-refractivity contribution in [1.29, 1.82) is 0 Å². The van der Waals surface area contributed by atoms with Crippen molar-refractivity contribution >= 4 is 23.4 Å². The summed E-state index contributed by atoms with van der Waals surface area (Å²) < 4.78 is 20.3. The fraction of sp³-hybridized carbons (Fsp3) is 0.375. The van der Waals surface area contributed by atoms with Gasteiger partial charge in [-0.25, -0.2) is 4.39 Å². The molecule has 0 bridgehead atoms. The molecule has 160 valence electrons. The third-order valence-corrected chi connectivity index (χ3v) is 6.26. The molecule has 2 aromatic carbocycles. The summed E-state index contributed by atoms with van der Waals surface area (Å²) in [6.07, 6.45) is 3.04. The van der Waals surface area contributed by atoms with Crippen LogP contribution in [0, 0.1) is 12.7 Å². The molecule has 0 saturated carbocycles. The molecular weight excluding hydrogens is 399 g/mol. The minimum atomic E-state index is -0.418. The van der Waals surface area contributed by atoms with Gasteiger partial charge in [0, 0.05) is 18.7 Å². The highest BCUT2D eigenvalue weighted by molar-refractivity contribution is 6.22. The van der Waals surface area contributed by atoms with Gasteiger partial charge in [-0.05, 0) is 68.0 Å². The van der Waals surface area contributed by atoms with Crippen LogP contribution in [0.3, 0.4) is 0 Å². The van der Waals surface area contributed by atoms with Gasteiger partial charge in [0.1, 0.15) is 5.82 Å². The first-order chi connectivity index (χ1) is 14.9. The van der Waals surface area contributed by atoms with Gasteiger partial charge in [0.15, 0.2) is 0 Å². The quantitative estimate of drug-likeness (QED) is 0.710. The topological polar surface area (TPSA) is 66.9 Å². The summed E-state index contributed by atoms with van der Waals surface area (Å²) in [6.45, 7) is 3.09. The lowest BCUT2D eigenvalue weighted by molar-refractivity contribution is 0.0475. The SMILES string of the molecule is Cc1cc(F)c2c(c1)CCCN2C(=O)c1ccc2c(c1)C(=O)N(CC1CCCO1)C2=O. The Bertz CT molecular complexity index is 1110. The predicted octanol–water partition coefficient (Wildman–Crippen LogP) is 3.50. The van der Waals surface area contributed by atoms with Gasteiger partial charge in [0.05, 0.1) is 29.5 Å². The lowest BCUT2D eigenvalue weighted by Gasteiger charge is -2.30. The van der Waals surface area contributed by atoms with Crippen LogP contribution in [-0.4, -0.2) is 48.4 Å². The van der Waals surface area contributed by atoms with Crippen LogP contribution >= 0.6 is 0 Å². The number of hydrogen-bond acceptors (Lipinski definition) is 4. The minimum absolute atomic E-state index is 0.139. The number of benzene rings is 2. The lowest BCUT2D eigenvalue weighted by Crippen LogP contribution is -2.37. The highest BCUT2D eigenvalue weighted by atomic mass is 19.1. The molecule has 3 amide bonds. The molecule has 3 aliphatic rings. The van der Waals surface area contributed by atoms with Crippen molar-refractivity contribution in [2.45, 2.75) is 38.7 Å².